The third kappa shape index (κ3) is 4.07. The third-order valence-electron chi connectivity index (χ3n) is 3.98. The zero-order valence-electron chi connectivity index (χ0n) is 12.0. The molecule has 7 nitrogen and oxygen atoms in total. The average Bonchev–Trinajstić information content (AvgIpc) is 3.02. The molecule has 0 spiro atoms. The van der Waals surface area contributed by atoms with Crippen LogP contribution in [-0.2, 0) is 19.1 Å². The number of carboxylic acid groups (broad SMARTS) is 1. The van der Waals surface area contributed by atoms with Crippen molar-refractivity contribution in [3.05, 3.63) is 0 Å². The maximum Gasteiger partial charge on any atom is 0.308 e. The van der Waals surface area contributed by atoms with Gasteiger partial charge < -0.3 is 19.6 Å². The molecular weight excluding hydrogens is 300 g/mol. The van der Waals surface area contributed by atoms with E-state index in [1.807, 2.05) is 0 Å². The molecule has 0 aromatic heterocycles. The zero-order chi connectivity index (χ0) is 14.7. The molecule has 2 aliphatic heterocycles. The van der Waals surface area contributed by atoms with E-state index in [2.05, 4.69) is 0 Å². The van der Waals surface area contributed by atoms with E-state index < -0.39 is 11.9 Å². The number of methoxy groups -OCH3 is 1. The molecule has 2 atom stereocenters. The summed E-state index contributed by atoms with van der Waals surface area (Å²) in [6, 6.07) is 0. The maximum atomic E-state index is 12.3. The van der Waals surface area contributed by atoms with Gasteiger partial charge in [-0.15, -0.1) is 12.4 Å². The van der Waals surface area contributed by atoms with Gasteiger partial charge in [0.25, 0.3) is 0 Å². The second kappa shape index (κ2) is 7.61. The smallest absolute Gasteiger partial charge is 0.308 e. The molecule has 8 heteroatoms. The summed E-state index contributed by atoms with van der Waals surface area (Å²) in [5.41, 5.74) is 0. The van der Waals surface area contributed by atoms with Crippen LogP contribution in [0, 0.1) is 11.8 Å². The minimum Gasteiger partial charge on any atom is -0.481 e. The van der Waals surface area contributed by atoms with Crippen molar-refractivity contribution >= 4 is 30.2 Å². The van der Waals surface area contributed by atoms with Crippen molar-refractivity contribution in [3.63, 3.8) is 0 Å². The van der Waals surface area contributed by atoms with Gasteiger partial charge in [-0.05, 0) is 6.42 Å². The molecule has 0 aromatic rings. The Bertz CT molecular complexity index is 417. The summed E-state index contributed by atoms with van der Waals surface area (Å²) in [5.74, 6) is -1.80. The first kappa shape index (κ1) is 17.7. The van der Waals surface area contributed by atoms with E-state index in [9.17, 15) is 14.4 Å². The largest absolute Gasteiger partial charge is 0.481 e. The highest BCUT2D eigenvalue weighted by atomic mass is 35.5. The Morgan fingerprint density at radius 1 is 1.33 bits per heavy atom. The van der Waals surface area contributed by atoms with Gasteiger partial charge in [-0.2, -0.15) is 0 Å². The molecule has 0 saturated carbocycles. The number of carbonyl (C=O) groups is 3. The van der Waals surface area contributed by atoms with Crippen LogP contribution in [-0.4, -0.2) is 72.6 Å². The molecule has 2 unspecified atom stereocenters. The molecule has 1 N–H and O–H groups in total. The van der Waals surface area contributed by atoms with Gasteiger partial charge >= 0.3 is 5.97 Å². The summed E-state index contributed by atoms with van der Waals surface area (Å²) in [4.78, 5) is 38.2. The highest BCUT2D eigenvalue weighted by molar-refractivity contribution is 5.89. The van der Waals surface area contributed by atoms with Crippen LogP contribution < -0.4 is 0 Å². The van der Waals surface area contributed by atoms with Crippen molar-refractivity contribution in [2.75, 3.05) is 39.9 Å². The molecule has 2 fully saturated rings. The van der Waals surface area contributed by atoms with Gasteiger partial charge in [0.1, 0.15) is 0 Å². The molecule has 2 amide bonds. The molecule has 21 heavy (non-hydrogen) atoms. The second-order valence-corrected chi connectivity index (χ2v) is 5.34. The summed E-state index contributed by atoms with van der Waals surface area (Å²) in [5, 5.41) is 8.95. The van der Waals surface area contributed by atoms with Gasteiger partial charge in [-0.1, -0.05) is 0 Å². The maximum absolute atomic E-state index is 12.3. The lowest BCUT2D eigenvalue weighted by Crippen LogP contribution is -2.37. The zero-order valence-corrected chi connectivity index (χ0v) is 12.8. The van der Waals surface area contributed by atoms with E-state index in [0.717, 1.165) is 0 Å². The fraction of sp³-hybridized carbons (Fsp3) is 0.769. The van der Waals surface area contributed by atoms with Crippen molar-refractivity contribution in [1.82, 2.24) is 9.80 Å². The van der Waals surface area contributed by atoms with Crippen LogP contribution in [0.15, 0.2) is 0 Å². The number of rotatable bonds is 5. The summed E-state index contributed by atoms with van der Waals surface area (Å²) < 4.78 is 4.93. The monoisotopic (exact) mass is 320 g/mol. The molecule has 0 radical (unpaired) electrons. The number of amides is 2. The summed E-state index contributed by atoms with van der Waals surface area (Å²) in [6.07, 6.45) is 0.714. The van der Waals surface area contributed by atoms with E-state index in [1.165, 1.54) is 0 Å². The average molecular weight is 321 g/mol. The highest BCUT2D eigenvalue weighted by Gasteiger charge is 2.39. The molecule has 0 bridgehead atoms. The van der Waals surface area contributed by atoms with Crippen molar-refractivity contribution in [2.45, 2.75) is 12.8 Å². The van der Waals surface area contributed by atoms with E-state index in [0.29, 0.717) is 32.7 Å². The van der Waals surface area contributed by atoms with Gasteiger partial charge in [0, 0.05) is 39.7 Å². The first-order valence-electron chi connectivity index (χ1n) is 6.81. The second-order valence-electron chi connectivity index (χ2n) is 5.34. The molecule has 2 aliphatic rings. The van der Waals surface area contributed by atoms with Gasteiger partial charge in [0.05, 0.1) is 18.4 Å². The number of nitrogens with zero attached hydrogens (tertiary/aromatic N) is 2. The van der Waals surface area contributed by atoms with Gasteiger partial charge in [-0.3, -0.25) is 14.4 Å². The van der Waals surface area contributed by atoms with Crippen LogP contribution in [0.4, 0.5) is 0 Å². The Hall–Kier alpha value is -1.34. The molecule has 0 aliphatic carbocycles. The number of ether oxygens (including phenoxy) is 1. The number of carbonyl (C=O) groups excluding carboxylic acids is 2. The Kier molecular flexibility index (Phi) is 6.42. The summed E-state index contributed by atoms with van der Waals surface area (Å²) in [7, 11) is 1.57. The van der Waals surface area contributed by atoms with Gasteiger partial charge in [0.2, 0.25) is 11.8 Å². The van der Waals surface area contributed by atoms with Crippen LogP contribution in [0.2, 0.25) is 0 Å². The molecular formula is C13H21ClN2O5. The Balaban J connectivity index is 0.00000220. The van der Waals surface area contributed by atoms with Crippen molar-refractivity contribution < 1.29 is 24.2 Å². The lowest BCUT2D eigenvalue weighted by Gasteiger charge is -2.20. The number of hydrogen-bond acceptors (Lipinski definition) is 4. The van der Waals surface area contributed by atoms with Crippen LogP contribution in [0.3, 0.4) is 0 Å². The van der Waals surface area contributed by atoms with Crippen LogP contribution in [0.5, 0.6) is 0 Å². The van der Waals surface area contributed by atoms with E-state index in [4.69, 9.17) is 9.84 Å². The Labute approximate surface area is 129 Å². The minimum atomic E-state index is -0.857. The summed E-state index contributed by atoms with van der Waals surface area (Å²) in [6.45, 7) is 2.10. The fourth-order valence-corrected chi connectivity index (χ4v) is 2.78. The Morgan fingerprint density at radius 3 is 2.62 bits per heavy atom. The number of likely N-dealkylation sites (tertiary alicyclic amines) is 2. The van der Waals surface area contributed by atoms with E-state index >= 15 is 0 Å². The first-order valence-corrected chi connectivity index (χ1v) is 6.81. The summed E-state index contributed by atoms with van der Waals surface area (Å²) >= 11 is 0. The quantitative estimate of drug-likeness (QED) is 0.760. The first-order chi connectivity index (χ1) is 9.52. The number of aliphatic carboxylic acids is 1. The predicted molar refractivity (Wildman–Crippen MR) is 76.1 cm³/mol. The molecule has 120 valence electrons. The SMILES string of the molecule is COCCN1CC(C(=O)N2CCC(C(=O)O)C2)CC1=O.Cl. The number of hydrogen-bond donors (Lipinski definition) is 1. The van der Waals surface area contributed by atoms with Crippen LogP contribution in [0.25, 0.3) is 0 Å². The van der Waals surface area contributed by atoms with Crippen LogP contribution in [0.1, 0.15) is 12.8 Å². The predicted octanol–water partition coefficient (Wildman–Crippen LogP) is -0.164. The standard InChI is InChI=1S/C13H20N2O5.ClH/c1-20-5-4-14-8-10(6-11(14)16)12(17)15-3-2-9(7-15)13(18)19;/h9-10H,2-8H2,1H3,(H,18,19);1H. The van der Waals surface area contributed by atoms with Crippen molar-refractivity contribution in [3.8, 4) is 0 Å². The third-order valence-corrected chi connectivity index (χ3v) is 3.98. The molecule has 2 saturated heterocycles. The van der Waals surface area contributed by atoms with Crippen molar-refractivity contribution in [1.29, 1.82) is 0 Å². The number of carboxylic acids is 1. The highest BCUT2D eigenvalue weighted by Crippen LogP contribution is 2.24. The van der Waals surface area contributed by atoms with Crippen molar-refractivity contribution in [2.24, 2.45) is 11.8 Å². The topological polar surface area (TPSA) is 87.2 Å². The lowest BCUT2D eigenvalue weighted by molar-refractivity contribution is -0.141. The molecule has 2 rings (SSSR count). The lowest BCUT2D eigenvalue weighted by atomic mass is 10.1. The Morgan fingerprint density at radius 2 is 2.05 bits per heavy atom. The van der Waals surface area contributed by atoms with Crippen LogP contribution >= 0.6 is 12.4 Å². The van der Waals surface area contributed by atoms with Gasteiger partial charge in [-0.25, -0.2) is 0 Å². The molecule has 0 aromatic carbocycles. The van der Waals surface area contributed by atoms with E-state index in [-0.39, 0.29) is 43.1 Å². The number of halogens is 1. The van der Waals surface area contributed by atoms with E-state index in [1.54, 1.807) is 16.9 Å². The fourth-order valence-electron chi connectivity index (χ4n) is 2.78. The normalized spacial score (nSPS) is 25.1. The molecule has 2 heterocycles. The minimum absolute atomic E-state index is 0. The van der Waals surface area contributed by atoms with Gasteiger partial charge in [0.15, 0.2) is 0 Å².